The van der Waals surface area contributed by atoms with Gasteiger partial charge in [-0.15, -0.1) is 0 Å². The zero-order valence-corrected chi connectivity index (χ0v) is 18.8. The van der Waals surface area contributed by atoms with Crippen molar-refractivity contribution in [3.8, 4) is 5.75 Å². The Morgan fingerprint density at radius 3 is 2.07 bits per heavy atom. The lowest BCUT2D eigenvalue weighted by molar-refractivity contribution is -0.747. The van der Waals surface area contributed by atoms with Crippen molar-refractivity contribution in [3.63, 3.8) is 0 Å². The van der Waals surface area contributed by atoms with Crippen LogP contribution < -0.4 is 21.9 Å². The van der Waals surface area contributed by atoms with Crippen LogP contribution in [-0.2, 0) is 4.79 Å². The highest BCUT2D eigenvalue weighted by molar-refractivity contribution is 6.03. The molecule has 2 N–H and O–H groups in total. The van der Waals surface area contributed by atoms with Crippen molar-refractivity contribution in [2.24, 2.45) is 0 Å². The number of nitrogens with one attached hydrogen (secondary N) is 1. The fourth-order valence-electron chi connectivity index (χ4n) is 3.83. The van der Waals surface area contributed by atoms with Crippen molar-refractivity contribution in [1.82, 2.24) is 0 Å². The third-order valence-electron chi connectivity index (χ3n) is 5.38. The molecule has 4 nitrogen and oxygen atoms in total. The molecule has 1 aliphatic heterocycles. The standard InChI is InChI=1S/C23H33NO3.BrH/c1-3-4-5-6-7-8-9-10-11-12-17-24-22(27)16-14-20-19(18(2)25)13-15-21(26)23(20)24;/h13-16,26H,3-12,17H2,1-2H3;1H. The number of unbranched alkanes of at least 4 members (excludes halogenated alkanes) is 9. The molecule has 2 rings (SSSR count). The van der Waals surface area contributed by atoms with Gasteiger partial charge in [0.05, 0.1) is 12.1 Å². The van der Waals surface area contributed by atoms with Crippen LogP contribution in [0.1, 0.15) is 94.0 Å². The Balaban J connectivity index is 0.00000392. The van der Waals surface area contributed by atoms with E-state index in [1.807, 2.05) is 0 Å². The summed E-state index contributed by atoms with van der Waals surface area (Å²) in [6, 6.07) is 3.16. The zero-order valence-electron chi connectivity index (χ0n) is 17.2. The molecule has 1 aromatic carbocycles. The minimum atomic E-state index is -0.0523. The van der Waals surface area contributed by atoms with E-state index in [1.165, 1.54) is 70.4 Å². The Morgan fingerprint density at radius 1 is 0.929 bits per heavy atom. The molecule has 0 fully saturated rings. The van der Waals surface area contributed by atoms with Crippen LogP contribution in [0, 0.1) is 0 Å². The summed E-state index contributed by atoms with van der Waals surface area (Å²) in [5, 5.41) is 10.3. The Kier molecular flexibility index (Phi) is 11.3. The van der Waals surface area contributed by atoms with Gasteiger partial charge >= 0.3 is 5.91 Å². The fourth-order valence-corrected chi connectivity index (χ4v) is 3.83. The minimum Gasteiger partial charge on any atom is -1.00 e. The summed E-state index contributed by atoms with van der Waals surface area (Å²) < 4.78 is 0. The van der Waals surface area contributed by atoms with Crippen molar-refractivity contribution in [3.05, 3.63) is 29.3 Å². The molecule has 5 heteroatoms. The lowest BCUT2D eigenvalue weighted by Gasteiger charge is -2.22. The maximum absolute atomic E-state index is 12.4. The fraction of sp³-hybridized carbons (Fsp3) is 0.565. The van der Waals surface area contributed by atoms with Crippen LogP contribution >= 0.6 is 0 Å². The van der Waals surface area contributed by atoms with Gasteiger partial charge in [-0.05, 0) is 38.0 Å². The SMILES string of the molecule is CCCCCCCCCCCC[NH+]1C(=O)C=Cc2c(C(C)=O)ccc(O)c21.[Br-]. The molecule has 1 amide bonds. The van der Waals surface area contributed by atoms with Gasteiger partial charge in [0, 0.05) is 11.6 Å². The Bertz CT molecular complexity index is 685. The van der Waals surface area contributed by atoms with Gasteiger partial charge in [0.1, 0.15) is 0 Å². The van der Waals surface area contributed by atoms with E-state index in [4.69, 9.17) is 0 Å². The predicted molar refractivity (Wildman–Crippen MR) is 109 cm³/mol. The van der Waals surface area contributed by atoms with Gasteiger partial charge in [0.25, 0.3) is 0 Å². The number of rotatable bonds is 12. The van der Waals surface area contributed by atoms with E-state index in [2.05, 4.69) is 6.92 Å². The van der Waals surface area contributed by atoms with Crippen LogP contribution in [-0.4, -0.2) is 23.3 Å². The number of carbonyl (C=O) groups is 2. The van der Waals surface area contributed by atoms with E-state index in [0.717, 1.165) is 12.8 Å². The summed E-state index contributed by atoms with van der Waals surface area (Å²) in [6.45, 7) is 4.41. The Hall–Kier alpha value is -1.46. The normalized spacial score (nSPS) is 15.2. The van der Waals surface area contributed by atoms with E-state index < -0.39 is 0 Å². The number of aromatic hydroxyl groups is 1. The van der Waals surface area contributed by atoms with Crippen LogP contribution in [0.5, 0.6) is 5.75 Å². The number of phenols is 1. The average molecular weight is 452 g/mol. The highest BCUT2D eigenvalue weighted by atomic mass is 79.9. The lowest BCUT2D eigenvalue weighted by atomic mass is 9.97. The van der Waals surface area contributed by atoms with Gasteiger partial charge in [-0.2, -0.15) is 0 Å². The minimum absolute atomic E-state index is 0. The van der Waals surface area contributed by atoms with E-state index in [-0.39, 0.29) is 34.4 Å². The summed E-state index contributed by atoms with van der Waals surface area (Å²) in [5.74, 6) is -0.00672. The molecule has 0 radical (unpaired) electrons. The van der Waals surface area contributed by atoms with Gasteiger partial charge < -0.3 is 22.1 Å². The third kappa shape index (κ3) is 6.85. The summed E-state index contributed by atoms with van der Waals surface area (Å²) in [5.41, 5.74) is 1.81. The van der Waals surface area contributed by atoms with Crippen LogP contribution in [0.3, 0.4) is 0 Å². The number of halogens is 1. The van der Waals surface area contributed by atoms with Crippen molar-refractivity contribution in [2.75, 3.05) is 6.54 Å². The Labute approximate surface area is 179 Å². The first-order chi connectivity index (χ1) is 13.1. The molecule has 1 aliphatic rings. The second kappa shape index (κ2) is 12.9. The van der Waals surface area contributed by atoms with Crippen molar-refractivity contribution < 1.29 is 36.6 Å². The first-order valence-electron chi connectivity index (χ1n) is 10.5. The first kappa shape index (κ1) is 24.6. The molecule has 156 valence electrons. The number of phenolic OH excluding ortho intramolecular Hbond substituents is 1. The molecule has 1 unspecified atom stereocenters. The molecule has 1 heterocycles. The van der Waals surface area contributed by atoms with Crippen molar-refractivity contribution >= 4 is 23.5 Å². The molecule has 0 aliphatic carbocycles. The highest BCUT2D eigenvalue weighted by Crippen LogP contribution is 2.30. The summed E-state index contributed by atoms with van der Waals surface area (Å²) in [6.07, 6.45) is 15.6. The topological polar surface area (TPSA) is 58.8 Å². The van der Waals surface area contributed by atoms with Gasteiger partial charge in [0.2, 0.25) is 0 Å². The predicted octanol–water partition coefficient (Wildman–Crippen LogP) is 1.59. The number of carbonyl (C=O) groups excluding carboxylic acids is 2. The average Bonchev–Trinajstić information content (AvgIpc) is 2.64. The van der Waals surface area contributed by atoms with E-state index in [1.54, 1.807) is 12.1 Å². The molecule has 1 aromatic rings. The third-order valence-corrected chi connectivity index (χ3v) is 5.38. The number of benzene rings is 1. The molecule has 0 aromatic heterocycles. The lowest BCUT2D eigenvalue weighted by Crippen LogP contribution is -3.10. The smallest absolute Gasteiger partial charge is 0.342 e. The largest absolute Gasteiger partial charge is 1.00 e. The number of hydrogen-bond donors (Lipinski definition) is 2. The first-order valence-corrected chi connectivity index (χ1v) is 10.5. The van der Waals surface area contributed by atoms with Crippen LogP contribution in [0.15, 0.2) is 18.2 Å². The summed E-state index contributed by atoms with van der Waals surface area (Å²) in [7, 11) is 0. The molecule has 0 spiro atoms. The molecule has 0 saturated heterocycles. The molecular formula is C23H34BrNO3. The second-order valence-electron chi connectivity index (χ2n) is 7.59. The van der Waals surface area contributed by atoms with Crippen molar-refractivity contribution in [2.45, 2.75) is 78.1 Å². The van der Waals surface area contributed by atoms with E-state index in [0.29, 0.717) is 28.3 Å². The van der Waals surface area contributed by atoms with Crippen molar-refractivity contribution in [1.29, 1.82) is 0 Å². The monoisotopic (exact) mass is 451 g/mol. The molecule has 1 atom stereocenters. The van der Waals surface area contributed by atoms with Gasteiger partial charge in [-0.3, -0.25) is 4.79 Å². The van der Waals surface area contributed by atoms with Crippen LogP contribution in [0.4, 0.5) is 5.69 Å². The Morgan fingerprint density at radius 2 is 1.50 bits per heavy atom. The quantitative estimate of drug-likeness (QED) is 0.288. The molecule has 0 saturated carbocycles. The molecule has 28 heavy (non-hydrogen) atoms. The number of Topliss-reactive ketones (excluding diaryl/α,β-unsaturated/α-hetero) is 1. The van der Waals surface area contributed by atoms with Gasteiger partial charge in [-0.25, -0.2) is 9.69 Å². The number of hydrogen-bond acceptors (Lipinski definition) is 3. The van der Waals surface area contributed by atoms with Gasteiger partial charge in [0.15, 0.2) is 17.2 Å². The zero-order chi connectivity index (χ0) is 19.6. The number of fused-ring (bicyclic) bond motifs is 1. The molecule has 0 bridgehead atoms. The van der Waals surface area contributed by atoms with E-state index in [9.17, 15) is 14.7 Å². The van der Waals surface area contributed by atoms with E-state index >= 15 is 0 Å². The number of amides is 1. The second-order valence-corrected chi connectivity index (χ2v) is 7.59. The summed E-state index contributed by atoms with van der Waals surface area (Å²) >= 11 is 0. The number of quaternary nitrogens is 1. The highest BCUT2D eigenvalue weighted by Gasteiger charge is 2.31. The maximum Gasteiger partial charge on any atom is 0.342 e. The number of ketones is 1. The van der Waals surface area contributed by atoms with Crippen LogP contribution in [0.2, 0.25) is 0 Å². The summed E-state index contributed by atoms with van der Waals surface area (Å²) in [4.78, 5) is 24.9. The maximum atomic E-state index is 12.4. The molecular weight excluding hydrogens is 418 g/mol. The van der Waals surface area contributed by atoms with Gasteiger partial charge in [-0.1, -0.05) is 58.3 Å². The van der Waals surface area contributed by atoms with Crippen LogP contribution in [0.25, 0.3) is 6.08 Å².